The Morgan fingerprint density at radius 2 is 1.85 bits per heavy atom. The van der Waals surface area contributed by atoms with Crippen LogP contribution in [0.2, 0.25) is 0 Å². The van der Waals surface area contributed by atoms with Crippen molar-refractivity contribution in [3.63, 3.8) is 0 Å². The highest BCUT2D eigenvalue weighted by Gasteiger charge is 2.13. The van der Waals surface area contributed by atoms with Gasteiger partial charge >= 0.3 is 0 Å². The molecule has 0 amide bonds. The molecule has 0 spiro atoms. The first-order chi connectivity index (χ1) is 12.4. The minimum Gasteiger partial charge on any atom is -0.497 e. The minimum atomic E-state index is -3.67. The maximum Gasteiger partial charge on any atom is 0.252 e. The molecule has 2 N–H and O–H groups in total. The number of hydrogen-bond donors (Lipinski definition) is 2. The molecule has 2 aromatic carbocycles. The molecule has 3 aromatic rings. The van der Waals surface area contributed by atoms with Crippen molar-refractivity contribution in [1.82, 2.24) is 9.71 Å². The van der Waals surface area contributed by atoms with Crippen LogP contribution < -0.4 is 15.0 Å². The molecular weight excluding hydrogens is 359 g/mol. The highest BCUT2D eigenvalue weighted by atomic mass is 32.2. The fraction of sp³-hybridized carbons (Fsp3) is 0.167. The van der Waals surface area contributed by atoms with E-state index < -0.39 is 15.8 Å². The molecular formula is C18H17FN2O4S. The number of fused-ring (bicyclic) bond motifs is 1. The number of sulfonamides is 1. The van der Waals surface area contributed by atoms with Crippen molar-refractivity contribution in [3.05, 3.63) is 75.8 Å². The lowest BCUT2D eigenvalue weighted by atomic mass is 10.1. The molecule has 0 fully saturated rings. The zero-order valence-corrected chi connectivity index (χ0v) is 14.8. The summed E-state index contributed by atoms with van der Waals surface area (Å²) in [5, 5.41) is 0.762. The largest absolute Gasteiger partial charge is 0.497 e. The molecule has 8 heteroatoms. The number of halogens is 1. The lowest BCUT2D eigenvalue weighted by molar-refractivity contribution is 0.415. The Morgan fingerprint density at radius 3 is 2.54 bits per heavy atom. The van der Waals surface area contributed by atoms with Gasteiger partial charge in [-0.3, -0.25) is 4.79 Å². The molecule has 1 aromatic heterocycles. The zero-order valence-electron chi connectivity index (χ0n) is 14.0. The maximum absolute atomic E-state index is 12.9. The molecule has 6 nitrogen and oxygen atoms in total. The number of methoxy groups -OCH3 is 1. The highest BCUT2D eigenvalue weighted by Crippen LogP contribution is 2.18. The van der Waals surface area contributed by atoms with Crippen LogP contribution in [0.25, 0.3) is 10.9 Å². The smallest absolute Gasteiger partial charge is 0.252 e. The summed E-state index contributed by atoms with van der Waals surface area (Å²) in [4.78, 5) is 14.9. The number of nitrogens with one attached hydrogen (secondary N) is 2. The van der Waals surface area contributed by atoms with Crippen LogP contribution in [-0.2, 0) is 22.3 Å². The molecule has 0 radical (unpaired) electrons. The first-order valence-corrected chi connectivity index (χ1v) is 9.43. The Kier molecular flexibility index (Phi) is 5.06. The van der Waals surface area contributed by atoms with Crippen molar-refractivity contribution in [2.24, 2.45) is 0 Å². The van der Waals surface area contributed by atoms with E-state index in [2.05, 4.69) is 9.71 Å². The Balaban J connectivity index is 1.77. The molecule has 0 aliphatic heterocycles. The first-order valence-electron chi connectivity index (χ1n) is 7.78. The summed E-state index contributed by atoms with van der Waals surface area (Å²) in [6.45, 7) is -0.138. The lowest BCUT2D eigenvalue weighted by Crippen LogP contribution is -2.28. The molecule has 0 saturated heterocycles. The number of aromatic nitrogens is 1. The summed E-state index contributed by atoms with van der Waals surface area (Å²) >= 11 is 0. The van der Waals surface area contributed by atoms with Gasteiger partial charge in [0.25, 0.3) is 5.56 Å². The van der Waals surface area contributed by atoms with Crippen LogP contribution in [0, 0.1) is 5.82 Å². The molecule has 0 atom stereocenters. The summed E-state index contributed by atoms with van der Waals surface area (Å²) in [6.07, 6.45) is 0. The Morgan fingerprint density at radius 1 is 1.12 bits per heavy atom. The van der Waals surface area contributed by atoms with Gasteiger partial charge in [-0.15, -0.1) is 0 Å². The molecule has 1 heterocycles. The van der Waals surface area contributed by atoms with Crippen LogP contribution in [0.4, 0.5) is 4.39 Å². The molecule has 0 aliphatic rings. The molecule has 0 aliphatic carbocycles. The summed E-state index contributed by atoms with van der Waals surface area (Å²) in [7, 11) is -2.14. The molecule has 0 unspecified atom stereocenters. The second kappa shape index (κ2) is 7.27. The summed E-state index contributed by atoms with van der Waals surface area (Å²) in [5.74, 6) is -0.116. The van der Waals surface area contributed by atoms with Crippen molar-refractivity contribution in [1.29, 1.82) is 0 Å². The van der Waals surface area contributed by atoms with Gasteiger partial charge in [0.05, 0.1) is 18.4 Å². The van der Waals surface area contributed by atoms with Crippen LogP contribution >= 0.6 is 0 Å². The van der Waals surface area contributed by atoms with Gasteiger partial charge in [-0.25, -0.2) is 17.5 Å². The molecule has 3 rings (SSSR count). The van der Waals surface area contributed by atoms with E-state index >= 15 is 0 Å². The molecule has 26 heavy (non-hydrogen) atoms. The van der Waals surface area contributed by atoms with Crippen molar-refractivity contribution < 1.29 is 17.5 Å². The van der Waals surface area contributed by atoms with Gasteiger partial charge in [0.15, 0.2) is 0 Å². The highest BCUT2D eigenvalue weighted by molar-refractivity contribution is 7.88. The summed E-state index contributed by atoms with van der Waals surface area (Å²) in [5.41, 5.74) is 0.978. The normalized spacial score (nSPS) is 11.6. The summed E-state index contributed by atoms with van der Waals surface area (Å²) < 4.78 is 44.8. The van der Waals surface area contributed by atoms with Gasteiger partial charge < -0.3 is 9.72 Å². The van der Waals surface area contributed by atoms with E-state index in [-0.39, 0.29) is 17.9 Å². The molecule has 0 saturated carbocycles. The Bertz CT molecular complexity index is 1090. The second-order valence-electron chi connectivity index (χ2n) is 5.78. The zero-order chi connectivity index (χ0) is 18.7. The average molecular weight is 376 g/mol. The Labute approximate surface area is 149 Å². The maximum atomic E-state index is 12.9. The number of pyridine rings is 1. The minimum absolute atomic E-state index is 0.138. The van der Waals surface area contributed by atoms with Crippen molar-refractivity contribution in [3.8, 4) is 5.75 Å². The Hall–Kier alpha value is -2.71. The van der Waals surface area contributed by atoms with Crippen LogP contribution in [-0.4, -0.2) is 20.5 Å². The van der Waals surface area contributed by atoms with E-state index in [1.807, 2.05) is 0 Å². The van der Waals surface area contributed by atoms with Gasteiger partial charge in [0.2, 0.25) is 10.0 Å². The van der Waals surface area contributed by atoms with Crippen molar-refractivity contribution >= 4 is 20.9 Å². The predicted molar refractivity (Wildman–Crippen MR) is 97.0 cm³/mol. The van der Waals surface area contributed by atoms with Gasteiger partial charge in [-0.05, 0) is 41.3 Å². The van der Waals surface area contributed by atoms with E-state index in [1.165, 1.54) is 31.4 Å². The topological polar surface area (TPSA) is 88.3 Å². The van der Waals surface area contributed by atoms with E-state index in [0.717, 1.165) is 5.39 Å². The van der Waals surface area contributed by atoms with E-state index in [9.17, 15) is 17.6 Å². The predicted octanol–water partition coefficient (Wildman–Crippen LogP) is 2.30. The van der Waals surface area contributed by atoms with Crippen LogP contribution in [0.1, 0.15) is 11.1 Å². The molecule has 136 valence electrons. The van der Waals surface area contributed by atoms with Gasteiger partial charge in [-0.2, -0.15) is 0 Å². The third-order valence-corrected chi connectivity index (χ3v) is 5.18. The monoisotopic (exact) mass is 376 g/mol. The average Bonchev–Trinajstić information content (AvgIpc) is 2.61. The van der Waals surface area contributed by atoms with E-state index in [0.29, 0.717) is 22.4 Å². The number of ether oxygens (including phenoxy) is 1. The van der Waals surface area contributed by atoms with Gasteiger partial charge in [0, 0.05) is 18.2 Å². The lowest BCUT2D eigenvalue weighted by Gasteiger charge is -2.08. The van der Waals surface area contributed by atoms with Crippen molar-refractivity contribution in [2.75, 3.05) is 7.11 Å². The number of aromatic amines is 1. The number of benzene rings is 2. The van der Waals surface area contributed by atoms with E-state index in [1.54, 1.807) is 24.3 Å². The standard InChI is InChI=1S/C18H17FN2O4S/c1-25-16-7-4-13-8-14(18(22)21-17(13)9-16)10-20-26(23,24)11-12-2-5-15(19)6-3-12/h2-9,20H,10-11H2,1H3,(H,21,22). The van der Waals surface area contributed by atoms with Crippen LogP contribution in [0.3, 0.4) is 0 Å². The number of H-pyrrole nitrogens is 1. The summed E-state index contributed by atoms with van der Waals surface area (Å²) in [6, 6.07) is 12.1. The van der Waals surface area contributed by atoms with Crippen LogP contribution in [0.15, 0.2) is 53.3 Å². The number of hydrogen-bond acceptors (Lipinski definition) is 4. The second-order valence-corrected chi connectivity index (χ2v) is 7.59. The van der Waals surface area contributed by atoms with E-state index in [4.69, 9.17) is 4.74 Å². The number of rotatable bonds is 6. The van der Waals surface area contributed by atoms with Gasteiger partial charge in [0.1, 0.15) is 11.6 Å². The third kappa shape index (κ3) is 4.27. The molecule has 0 bridgehead atoms. The first kappa shape index (κ1) is 18.1. The SMILES string of the molecule is COc1ccc2cc(CNS(=O)(=O)Cc3ccc(F)cc3)c(=O)[nH]c2c1. The fourth-order valence-corrected chi connectivity index (χ4v) is 3.63. The van der Waals surface area contributed by atoms with Gasteiger partial charge in [-0.1, -0.05) is 12.1 Å². The fourth-order valence-electron chi connectivity index (χ4n) is 2.52. The third-order valence-electron chi connectivity index (χ3n) is 3.88. The quantitative estimate of drug-likeness (QED) is 0.691. The van der Waals surface area contributed by atoms with Crippen molar-refractivity contribution in [2.45, 2.75) is 12.3 Å². The van der Waals surface area contributed by atoms with Crippen LogP contribution in [0.5, 0.6) is 5.75 Å².